The molecule has 0 saturated heterocycles. The maximum Gasteiger partial charge on any atom is 0.337 e. The van der Waals surface area contributed by atoms with E-state index >= 15 is 0 Å². The van der Waals surface area contributed by atoms with Crippen LogP contribution in [0.5, 0.6) is 0 Å². The summed E-state index contributed by atoms with van der Waals surface area (Å²) in [6.07, 6.45) is 1.70. The third-order valence-corrected chi connectivity index (χ3v) is 6.01. The molecule has 32 heavy (non-hydrogen) atoms. The Morgan fingerprint density at radius 1 is 1.03 bits per heavy atom. The van der Waals surface area contributed by atoms with E-state index in [-0.39, 0.29) is 5.97 Å². The molecular weight excluding hydrogens is 418 g/mol. The van der Waals surface area contributed by atoms with Crippen LogP contribution in [0.1, 0.15) is 27.0 Å². The van der Waals surface area contributed by atoms with E-state index in [9.17, 15) is 4.79 Å². The second-order valence-electron chi connectivity index (χ2n) is 7.36. The predicted molar refractivity (Wildman–Crippen MR) is 131 cm³/mol. The van der Waals surface area contributed by atoms with Gasteiger partial charge in [0.1, 0.15) is 0 Å². The molecule has 0 atom stereocenters. The topological polar surface area (TPSA) is 63.6 Å². The van der Waals surface area contributed by atoms with E-state index in [0.29, 0.717) is 10.7 Å². The minimum absolute atomic E-state index is 0.359. The summed E-state index contributed by atoms with van der Waals surface area (Å²) in [5.41, 5.74) is 10.0. The number of hydrazone groups is 1. The number of benzene rings is 3. The van der Waals surface area contributed by atoms with Crippen LogP contribution < -0.4 is 5.43 Å². The average molecular weight is 442 g/mol. The van der Waals surface area contributed by atoms with Crippen molar-refractivity contribution in [2.75, 3.05) is 12.5 Å². The van der Waals surface area contributed by atoms with Gasteiger partial charge in [0.25, 0.3) is 0 Å². The van der Waals surface area contributed by atoms with Gasteiger partial charge in [-0.15, -0.1) is 0 Å². The summed E-state index contributed by atoms with van der Waals surface area (Å²) in [4.78, 5) is 17.5. The standard InChI is InChI=1S/C26H23N3O2S/c1-17-9-14-22(18(2)15-17)23-24(20-7-5-4-6-8-20)32-26(28-23)29-27-16-19-10-12-21(13-11-19)25(30)31-3/h4-16H,1-3H3,(H,28,29)/b27-16-. The molecule has 6 heteroatoms. The second kappa shape index (κ2) is 9.58. The molecule has 160 valence electrons. The molecule has 1 heterocycles. The molecule has 5 nitrogen and oxygen atoms in total. The Hall–Kier alpha value is -3.77. The Balaban J connectivity index is 1.61. The molecule has 0 radical (unpaired) electrons. The smallest absolute Gasteiger partial charge is 0.337 e. The van der Waals surface area contributed by atoms with Gasteiger partial charge in [-0.05, 0) is 42.7 Å². The number of nitrogens with zero attached hydrogens (tertiary/aromatic N) is 2. The minimum atomic E-state index is -0.359. The fraction of sp³-hybridized carbons (Fsp3) is 0.115. The molecule has 3 aromatic carbocycles. The first-order valence-corrected chi connectivity index (χ1v) is 11.0. The number of anilines is 1. The van der Waals surface area contributed by atoms with Gasteiger partial charge in [-0.1, -0.05) is 77.6 Å². The normalized spacial score (nSPS) is 11.0. The Bertz CT molecular complexity index is 1260. The van der Waals surface area contributed by atoms with Crippen LogP contribution in [0.2, 0.25) is 0 Å². The van der Waals surface area contributed by atoms with Gasteiger partial charge < -0.3 is 4.74 Å². The van der Waals surface area contributed by atoms with E-state index in [0.717, 1.165) is 27.3 Å². The molecule has 4 rings (SSSR count). The lowest BCUT2D eigenvalue weighted by molar-refractivity contribution is 0.0600. The van der Waals surface area contributed by atoms with Crippen molar-refractivity contribution in [2.24, 2.45) is 5.10 Å². The summed E-state index contributed by atoms with van der Waals surface area (Å²) < 4.78 is 4.72. The molecule has 0 saturated carbocycles. The quantitative estimate of drug-likeness (QED) is 0.216. The van der Waals surface area contributed by atoms with Crippen molar-refractivity contribution in [3.8, 4) is 21.7 Å². The van der Waals surface area contributed by atoms with Crippen molar-refractivity contribution in [1.29, 1.82) is 0 Å². The number of aryl methyl sites for hydroxylation is 2. The highest BCUT2D eigenvalue weighted by Crippen LogP contribution is 2.40. The fourth-order valence-corrected chi connectivity index (χ4v) is 4.33. The Morgan fingerprint density at radius 2 is 1.78 bits per heavy atom. The van der Waals surface area contributed by atoms with Crippen molar-refractivity contribution in [1.82, 2.24) is 4.98 Å². The summed E-state index contributed by atoms with van der Waals surface area (Å²) in [6.45, 7) is 4.20. The lowest BCUT2D eigenvalue weighted by Gasteiger charge is -2.07. The highest BCUT2D eigenvalue weighted by atomic mass is 32.1. The van der Waals surface area contributed by atoms with Gasteiger partial charge in [0.05, 0.1) is 29.5 Å². The van der Waals surface area contributed by atoms with Crippen molar-refractivity contribution < 1.29 is 9.53 Å². The van der Waals surface area contributed by atoms with Crippen LogP contribution in [-0.2, 0) is 4.74 Å². The van der Waals surface area contributed by atoms with Gasteiger partial charge in [-0.3, -0.25) is 5.43 Å². The maximum atomic E-state index is 11.6. The summed E-state index contributed by atoms with van der Waals surface area (Å²) in [5, 5.41) is 5.05. The van der Waals surface area contributed by atoms with E-state index < -0.39 is 0 Å². The third-order valence-electron chi connectivity index (χ3n) is 5.01. The largest absolute Gasteiger partial charge is 0.465 e. The zero-order valence-electron chi connectivity index (χ0n) is 18.1. The lowest BCUT2D eigenvalue weighted by Crippen LogP contribution is -2.00. The number of aromatic nitrogens is 1. The first kappa shape index (κ1) is 21.5. The molecule has 1 aromatic heterocycles. The monoisotopic (exact) mass is 441 g/mol. The highest BCUT2D eigenvalue weighted by Gasteiger charge is 2.16. The second-order valence-corrected chi connectivity index (χ2v) is 8.36. The molecule has 0 aliphatic heterocycles. The molecule has 0 aliphatic carbocycles. The third kappa shape index (κ3) is 4.76. The Morgan fingerprint density at radius 3 is 2.47 bits per heavy atom. The van der Waals surface area contributed by atoms with Crippen molar-refractivity contribution in [2.45, 2.75) is 13.8 Å². The summed E-state index contributed by atoms with van der Waals surface area (Å²) in [7, 11) is 1.37. The number of ether oxygens (including phenoxy) is 1. The maximum absolute atomic E-state index is 11.6. The van der Waals surface area contributed by atoms with Gasteiger partial charge in [-0.2, -0.15) is 5.10 Å². The van der Waals surface area contributed by atoms with E-state index in [2.05, 4.69) is 54.7 Å². The molecule has 0 bridgehead atoms. The van der Waals surface area contributed by atoms with Crippen molar-refractivity contribution >= 4 is 28.7 Å². The van der Waals surface area contributed by atoms with Crippen molar-refractivity contribution in [3.05, 3.63) is 95.1 Å². The number of hydrogen-bond acceptors (Lipinski definition) is 6. The van der Waals surface area contributed by atoms with Gasteiger partial charge in [0.15, 0.2) is 0 Å². The number of hydrogen-bond donors (Lipinski definition) is 1. The van der Waals surface area contributed by atoms with Crippen LogP contribution in [0.3, 0.4) is 0 Å². The molecule has 1 N–H and O–H groups in total. The SMILES string of the molecule is COC(=O)c1ccc(/C=N\Nc2nc(-c3ccc(C)cc3C)c(-c3ccccc3)s2)cc1. The van der Waals surface area contributed by atoms with Crippen molar-refractivity contribution in [3.63, 3.8) is 0 Å². The first-order chi connectivity index (χ1) is 15.5. The Kier molecular flexibility index (Phi) is 6.42. The number of thiazole rings is 1. The van der Waals surface area contributed by atoms with Crippen LogP contribution in [0.25, 0.3) is 21.7 Å². The summed E-state index contributed by atoms with van der Waals surface area (Å²) in [5.74, 6) is -0.359. The predicted octanol–water partition coefficient (Wildman–Crippen LogP) is 6.33. The number of esters is 1. The number of carbonyl (C=O) groups is 1. The van der Waals surface area contributed by atoms with E-state index in [1.165, 1.54) is 18.2 Å². The molecule has 0 amide bonds. The fourth-order valence-electron chi connectivity index (χ4n) is 3.40. The lowest BCUT2D eigenvalue weighted by atomic mass is 10.0. The van der Waals surface area contributed by atoms with Crippen LogP contribution >= 0.6 is 11.3 Å². The molecule has 0 aliphatic rings. The van der Waals surface area contributed by atoms with Crippen LogP contribution in [0.4, 0.5) is 5.13 Å². The van der Waals surface area contributed by atoms with Gasteiger partial charge in [0.2, 0.25) is 5.13 Å². The molecule has 4 aromatic rings. The van der Waals surface area contributed by atoms with Gasteiger partial charge in [0, 0.05) is 5.56 Å². The van der Waals surface area contributed by atoms with Gasteiger partial charge in [-0.25, -0.2) is 9.78 Å². The Labute approximate surface area is 191 Å². The number of methoxy groups -OCH3 is 1. The van der Waals surface area contributed by atoms with E-state index in [1.54, 1.807) is 29.7 Å². The molecular formula is C26H23N3O2S. The van der Waals surface area contributed by atoms with E-state index in [1.807, 2.05) is 30.3 Å². The van der Waals surface area contributed by atoms with Crippen LogP contribution in [-0.4, -0.2) is 24.3 Å². The summed E-state index contributed by atoms with van der Waals surface area (Å²) in [6, 6.07) is 23.7. The highest BCUT2D eigenvalue weighted by molar-refractivity contribution is 7.19. The van der Waals surface area contributed by atoms with Crippen LogP contribution in [0.15, 0.2) is 77.9 Å². The molecule has 0 fully saturated rings. The number of rotatable bonds is 6. The zero-order chi connectivity index (χ0) is 22.5. The first-order valence-electron chi connectivity index (χ1n) is 10.2. The number of nitrogens with one attached hydrogen (secondary N) is 1. The van der Waals surface area contributed by atoms with E-state index in [4.69, 9.17) is 9.72 Å². The minimum Gasteiger partial charge on any atom is -0.465 e. The van der Waals surface area contributed by atoms with Gasteiger partial charge >= 0.3 is 5.97 Å². The average Bonchev–Trinajstić information content (AvgIpc) is 3.23. The number of carbonyl (C=O) groups excluding carboxylic acids is 1. The zero-order valence-corrected chi connectivity index (χ0v) is 18.9. The molecule has 0 spiro atoms. The van der Waals surface area contributed by atoms with Crippen LogP contribution in [0, 0.1) is 13.8 Å². The summed E-state index contributed by atoms with van der Waals surface area (Å²) >= 11 is 1.57. The molecule has 0 unspecified atom stereocenters.